The van der Waals surface area contributed by atoms with E-state index in [0.29, 0.717) is 17.0 Å². The Hall–Kier alpha value is -6.26. The van der Waals surface area contributed by atoms with Crippen molar-refractivity contribution in [1.29, 1.82) is 0 Å². The lowest BCUT2D eigenvalue weighted by atomic mass is 9.98. The van der Waals surface area contributed by atoms with E-state index in [4.69, 9.17) is 28.4 Å². The third-order valence-corrected chi connectivity index (χ3v) is 7.53. The Balaban J connectivity index is 1.98. The molecule has 2 aliphatic heterocycles. The first kappa shape index (κ1) is 38.5. The topological polar surface area (TPSA) is 197 Å². The van der Waals surface area contributed by atoms with Gasteiger partial charge in [-0.25, -0.2) is 10.0 Å². The fourth-order valence-electron chi connectivity index (χ4n) is 5.68. The number of para-hydroxylation sites is 1. The first-order chi connectivity index (χ1) is 24.6. The molecule has 2 aromatic carbocycles. The number of nitrogens with zero attached hydrogens (tertiary/aromatic N) is 4. The highest BCUT2D eigenvalue weighted by Crippen LogP contribution is 2.39. The maximum Gasteiger partial charge on any atom is 0.303 e. The van der Waals surface area contributed by atoms with Crippen LogP contribution in [0.1, 0.15) is 47.1 Å². The van der Waals surface area contributed by atoms with E-state index in [2.05, 4.69) is 4.99 Å². The van der Waals surface area contributed by atoms with Crippen molar-refractivity contribution in [3.63, 3.8) is 0 Å². The predicted octanol–water partition coefficient (Wildman–Crippen LogP) is 2.13. The van der Waals surface area contributed by atoms with Crippen molar-refractivity contribution >= 4 is 59.4 Å². The van der Waals surface area contributed by atoms with Gasteiger partial charge in [0.1, 0.15) is 18.1 Å². The van der Waals surface area contributed by atoms with E-state index in [-0.39, 0.29) is 11.7 Å². The molecule has 17 nitrogen and oxygen atoms in total. The summed E-state index contributed by atoms with van der Waals surface area (Å²) in [6, 6.07) is 15.1. The van der Waals surface area contributed by atoms with Crippen LogP contribution in [0.4, 0.5) is 5.69 Å². The van der Waals surface area contributed by atoms with Crippen LogP contribution < -0.4 is 9.64 Å². The molecule has 2 heterocycles. The average Bonchev–Trinajstić information content (AvgIpc) is 3.57. The van der Waals surface area contributed by atoms with Crippen molar-refractivity contribution in [2.45, 2.75) is 72.1 Å². The van der Waals surface area contributed by atoms with Gasteiger partial charge in [-0.3, -0.25) is 38.5 Å². The number of hydrazine groups is 1. The monoisotopic (exact) mass is 722 g/mol. The molecule has 2 aliphatic rings. The van der Waals surface area contributed by atoms with Crippen LogP contribution in [0, 0.1) is 0 Å². The number of rotatable bonds is 13. The van der Waals surface area contributed by atoms with Crippen molar-refractivity contribution in [1.82, 2.24) is 10.0 Å². The van der Waals surface area contributed by atoms with Gasteiger partial charge in [0.25, 0.3) is 5.91 Å². The lowest BCUT2D eigenvalue weighted by Gasteiger charge is -2.41. The highest BCUT2D eigenvalue weighted by Gasteiger charge is 2.59. The summed E-state index contributed by atoms with van der Waals surface area (Å²) in [5, 5.41) is 1.95. The van der Waals surface area contributed by atoms with E-state index in [9.17, 15) is 33.6 Å². The summed E-state index contributed by atoms with van der Waals surface area (Å²) in [7, 11) is 1.51. The van der Waals surface area contributed by atoms with Crippen LogP contribution in [0.3, 0.4) is 0 Å². The van der Waals surface area contributed by atoms with Crippen molar-refractivity contribution in [3.05, 3.63) is 65.9 Å². The summed E-state index contributed by atoms with van der Waals surface area (Å²) >= 11 is 0. The van der Waals surface area contributed by atoms with Gasteiger partial charge in [0.2, 0.25) is 11.9 Å². The van der Waals surface area contributed by atoms with Crippen molar-refractivity contribution in [3.8, 4) is 5.75 Å². The Morgan fingerprint density at radius 3 is 1.85 bits per heavy atom. The molecule has 0 saturated carbocycles. The number of carbonyl (C=O) groups is 7. The second-order valence-corrected chi connectivity index (χ2v) is 11.5. The maximum atomic E-state index is 14.1. The number of fused-ring (bicyclic) bond motifs is 1. The fraction of sp³-hybridized carbons (Fsp3) is 0.371. The number of ether oxygens (including phenoxy) is 6. The van der Waals surface area contributed by atoms with Crippen LogP contribution in [0.15, 0.2) is 65.3 Å². The SMILES string of the molecule is COc1ccc(/C=C2\N=C3N(c4ccccc4)C(C(OC(C)=O)C(OC(C)=O)C(OC(C)=O)C(COC(C)=O)OC(C)=O)N(C(C)=O)N3C2=O)cc1. The standard InChI is InChI=1S/C35H38N4O13/c1-19(40)38-33(32(52-24(6)45)31(51-23(5)44)30(50-22(4)43)29(49-21(3)42)18-48-20(2)41)37(26-11-9-8-10-12-26)35-36-28(34(46)39(35)38)17-25-13-15-27(47-7)16-14-25/h8-17,29-33H,18H2,1-7H3/b28-17-. The Kier molecular flexibility index (Phi) is 12.3. The summed E-state index contributed by atoms with van der Waals surface area (Å²) in [5.74, 6) is -5.52. The molecule has 0 aliphatic carbocycles. The summed E-state index contributed by atoms with van der Waals surface area (Å²) < 4.78 is 32.7. The highest BCUT2D eigenvalue weighted by molar-refractivity contribution is 6.20. The van der Waals surface area contributed by atoms with Crippen molar-refractivity contribution < 1.29 is 62.0 Å². The van der Waals surface area contributed by atoms with Gasteiger partial charge < -0.3 is 28.4 Å². The minimum atomic E-state index is -1.87. The molecule has 1 saturated heterocycles. The summed E-state index contributed by atoms with van der Waals surface area (Å²) in [6.45, 7) is 5.66. The third kappa shape index (κ3) is 8.90. The summed E-state index contributed by atoms with van der Waals surface area (Å²) in [5.41, 5.74) is 0.881. The third-order valence-electron chi connectivity index (χ3n) is 7.53. The number of amides is 2. The molecular formula is C35H38N4O13. The second-order valence-electron chi connectivity index (χ2n) is 11.5. The molecular weight excluding hydrogens is 684 g/mol. The number of guanidine groups is 1. The molecule has 0 spiro atoms. The van der Waals surface area contributed by atoms with E-state index in [1.165, 1.54) is 18.1 Å². The minimum absolute atomic E-state index is 0.0551. The van der Waals surface area contributed by atoms with Gasteiger partial charge in [0.15, 0.2) is 30.6 Å². The van der Waals surface area contributed by atoms with Crippen LogP contribution in [-0.2, 0) is 57.2 Å². The van der Waals surface area contributed by atoms with E-state index in [1.807, 2.05) is 0 Å². The molecule has 52 heavy (non-hydrogen) atoms. The molecule has 1 fully saturated rings. The number of esters is 5. The minimum Gasteiger partial charge on any atom is -0.497 e. The Morgan fingerprint density at radius 2 is 1.33 bits per heavy atom. The maximum absolute atomic E-state index is 14.1. The van der Waals surface area contributed by atoms with Crippen molar-refractivity contribution in [2.75, 3.05) is 18.6 Å². The van der Waals surface area contributed by atoms with Gasteiger partial charge in [-0.2, -0.15) is 5.01 Å². The predicted molar refractivity (Wildman–Crippen MR) is 179 cm³/mol. The molecule has 0 radical (unpaired) electrons. The molecule has 0 N–H and O–H groups in total. The average molecular weight is 723 g/mol. The zero-order chi connectivity index (χ0) is 38.3. The molecule has 2 aromatic rings. The zero-order valence-corrected chi connectivity index (χ0v) is 29.5. The van der Waals surface area contributed by atoms with Crippen molar-refractivity contribution in [2.24, 2.45) is 4.99 Å². The Bertz CT molecular complexity index is 1780. The second kappa shape index (κ2) is 16.6. The van der Waals surface area contributed by atoms with Gasteiger partial charge in [0.05, 0.1) is 7.11 Å². The molecule has 17 heteroatoms. The number of carbonyl (C=O) groups excluding carboxylic acids is 7. The number of methoxy groups -OCH3 is 1. The van der Waals surface area contributed by atoms with Crippen LogP contribution >= 0.6 is 0 Å². The Labute approximate surface area is 298 Å². The smallest absolute Gasteiger partial charge is 0.303 e. The fourth-order valence-corrected chi connectivity index (χ4v) is 5.68. The quantitative estimate of drug-likeness (QED) is 0.166. The first-order valence-corrected chi connectivity index (χ1v) is 15.9. The van der Waals surface area contributed by atoms with Crippen LogP contribution in [0.5, 0.6) is 5.75 Å². The molecule has 4 rings (SSSR count). The van der Waals surface area contributed by atoms with Gasteiger partial charge >= 0.3 is 29.8 Å². The van der Waals surface area contributed by atoms with Gasteiger partial charge in [-0.15, -0.1) is 0 Å². The molecule has 276 valence electrons. The lowest BCUT2D eigenvalue weighted by molar-refractivity contribution is -0.209. The molecule has 0 bridgehead atoms. The largest absolute Gasteiger partial charge is 0.497 e. The number of anilines is 1. The molecule has 0 aromatic heterocycles. The highest BCUT2D eigenvalue weighted by atomic mass is 16.6. The number of aliphatic imine (C=N–C) groups is 1. The van der Waals surface area contributed by atoms with E-state index >= 15 is 0 Å². The first-order valence-electron chi connectivity index (χ1n) is 15.9. The number of hydrogen-bond acceptors (Lipinski definition) is 15. The normalized spacial score (nSPS) is 18.0. The van der Waals surface area contributed by atoms with Crippen LogP contribution in [0.2, 0.25) is 0 Å². The number of benzene rings is 2. The molecule has 2 amide bonds. The Morgan fingerprint density at radius 1 is 0.750 bits per heavy atom. The van der Waals surface area contributed by atoms with Gasteiger partial charge in [0, 0.05) is 47.2 Å². The summed E-state index contributed by atoms with van der Waals surface area (Å²) in [6.07, 6.45) is -7.15. The molecule has 5 atom stereocenters. The van der Waals surface area contributed by atoms with E-state index in [1.54, 1.807) is 54.6 Å². The van der Waals surface area contributed by atoms with E-state index < -0.39 is 78.8 Å². The van der Waals surface area contributed by atoms with Gasteiger partial charge in [-0.05, 0) is 35.9 Å². The molecule has 5 unspecified atom stereocenters. The van der Waals surface area contributed by atoms with Crippen LogP contribution in [-0.4, -0.2) is 102 Å². The lowest BCUT2D eigenvalue weighted by Crippen LogP contribution is -2.63. The zero-order valence-electron chi connectivity index (χ0n) is 29.5. The number of hydrogen-bond donors (Lipinski definition) is 0. The van der Waals surface area contributed by atoms with E-state index in [0.717, 1.165) is 51.6 Å². The summed E-state index contributed by atoms with van der Waals surface area (Å²) in [4.78, 5) is 96.0. The van der Waals surface area contributed by atoms with Crippen LogP contribution in [0.25, 0.3) is 6.08 Å². The van der Waals surface area contributed by atoms with Gasteiger partial charge in [-0.1, -0.05) is 30.3 Å².